The van der Waals surface area contributed by atoms with Crippen LogP contribution in [0, 0.1) is 0 Å². The second-order valence-corrected chi connectivity index (χ2v) is 9.46. The van der Waals surface area contributed by atoms with Crippen LogP contribution in [0.5, 0.6) is 0 Å². The van der Waals surface area contributed by atoms with E-state index in [9.17, 15) is 10.2 Å². The van der Waals surface area contributed by atoms with Crippen molar-refractivity contribution in [2.75, 3.05) is 46.1 Å². The second kappa shape index (κ2) is 11.7. The molecule has 8 N–H and O–H groups in total. The summed E-state index contributed by atoms with van der Waals surface area (Å²) in [5.74, 6) is 0. The first kappa shape index (κ1) is 25.2. The number of hydrogen-bond acceptors (Lipinski definition) is 10. The summed E-state index contributed by atoms with van der Waals surface area (Å²) in [6.45, 7) is 7.18. The average molecular weight is 484 g/mol. The average Bonchev–Trinajstić information content (AvgIpc) is 3.36. The molecule has 3 fully saturated rings. The van der Waals surface area contributed by atoms with Crippen molar-refractivity contribution in [3.8, 4) is 0 Å². The summed E-state index contributed by atoms with van der Waals surface area (Å²) in [6, 6.07) is 7.94. The first-order valence-corrected chi connectivity index (χ1v) is 12.3. The van der Waals surface area contributed by atoms with E-state index in [-0.39, 0.29) is 18.4 Å². The Balaban J connectivity index is 1.22. The molecule has 0 radical (unpaired) electrons. The number of fused-ring (bicyclic) bond motifs is 1. The summed E-state index contributed by atoms with van der Waals surface area (Å²) in [7, 11) is 0. The van der Waals surface area contributed by atoms with Crippen LogP contribution in [0.1, 0.15) is 12.5 Å². The van der Waals surface area contributed by atoms with Gasteiger partial charge in [0.2, 0.25) is 0 Å². The highest BCUT2D eigenvalue weighted by atomic mass is 35.5. The van der Waals surface area contributed by atoms with E-state index < -0.39 is 24.5 Å². The molecule has 3 aliphatic heterocycles. The standard InChI is InChI=1S/C22H38ClN7O3/c1-2-29(10-9-25-8-7-14-3-5-15(23)6-4-14)11-16-18(31)19(32)22(33-16)30-13-28-17-20(24)26-12-27-21(17)30/h3-6,16-22,25-28,31-32H,2,7-13,24H2,1H3/t16-,17?,18-,19-,20?,21?,22-/m1/s1. The minimum atomic E-state index is -0.973. The number of aliphatic hydroxyl groups excluding tert-OH is 2. The summed E-state index contributed by atoms with van der Waals surface area (Å²) < 4.78 is 6.19. The molecule has 3 saturated heterocycles. The van der Waals surface area contributed by atoms with E-state index in [1.165, 1.54) is 5.56 Å². The van der Waals surface area contributed by atoms with Crippen LogP contribution in [0.4, 0.5) is 0 Å². The van der Waals surface area contributed by atoms with Gasteiger partial charge in [-0.3, -0.25) is 20.9 Å². The molecule has 3 aliphatic rings. The maximum absolute atomic E-state index is 10.7. The van der Waals surface area contributed by atoms with Crippen LogP contribution in [0.25, 0.3) is 0 Å². The minimum Gasteiger partial charge on any atom is -0.387 e. The van der Waals surface area contributed by atoms with Gasteiger partial charge in [0, 0.05) is 31.3 Å². The fraction of sp³-hybridized carbons (Fsp3) is 0.727. The summed E-state index contributed by atoms with van der Waals surface area (Å²) in [4.78, 5) is 4.26. The van der Waals surface area contributed by atoms with Crippen LogP contribution >= 0.6 is 11.6 Å². The lowest BCUT2D eigenvalue weighted by molar-refractivity contribution is -0.106. The lowest BCUT2D eigenvalue weighted by Crippen LogP contribution is -2.68. The van der Waals surface area contributed by atoms with Crippen molar-refractivity contribution in [1.29, 1.82) is 0 Å². The Kier molecular flexibility index (Phi) is 8.93. The molecule has 3 heterocycles. The fourth-order valence-electron chi connectivity index (χ4n) is 4.88. The Labute approximate surface area is 200 Å². The lowest BCUT2D eigenvalue weighted by atomic mass is 10.1. The number of nitrogens with zero attached hydrogens (tertiary/aromatic N) is 2. The van der Waals surface area contributed by atoms with E-state index in [1.807, 2.05) is 29.2 Å². The molecule has 4 rings (SSSR count). The number of rotatable bonds is 10. The van der Waals surface area contributed by atoms with E-state index in [4.69, 9.17) is 22.1 Å². The van der Waals surface area contributed by atoms with Crippen LogP contribution in [0.2, 0.25) is 5.02 Å². The highest BCUT2D eigenvalue weighted by Gasteiger charge is 2.51. The number of hydrogen-bond donors (Lipinski definition) is 7. The van der Waals surface area contributed by atoms with Crippen molar-refractivity contribution < 1.29 is 14.9 Å². The summed E-state index contributed by atoms with van der Waals surface area (Å²) in [5, 5.41) is 35.6. The zero-order valence-electron chi connectivity index (χ0n) is 19.2. The van der Waals surface area contributed by atoms with Crippen LogP contribution in [0.3, 0.4) is 0 Å². The highest BCUT2D eigenvalue weighted by Crippen LogP contribution is 2.28. The molecule has 186 valence electrons. The van der Waals surface area contributed by atoms with Crippen molar-refractivity contribution in [2.45, 2.75) is 56.3 Å². The maximum atomic E-state index is 10.7. The smallest absolute Gasteiger partial charge is 0.142 e. The van der Waals surface area contributed by atoms with Gasteiger partial charge in [0.1, 0.15) is 24.5 Å². The maximum Gasteiger partial charge on any atom is 0.142 e. The van der Waals surface area contributed by atoms with Crippen molar-refractivity contribution in [3.05, 3.63) is 34.9 Å². The molecule has 7 atom stereocenters. The SMILES string of the molecule is CCN(CCNCCc1ccc(Cl)cc1)C[C@H]1O[C@@H](N2CNC3C(N)NCNC32)[C@H](O)[C@@H]1O. The van der Waals surface area contributed by atoms with E-state index >= 15 is 0 Å². The normalized spacial score (nSPS) is 34.8. The predicted molar refractivity (Wildman–Crippen MR) is 127 cm³/mol. The van der Waals surface area contributed by atoms with Gasteiger partial charge in [-0.2, -0.15) is 0 Å². The van der Waals surface area contributed by atoms with E-state index in [0.29, 0.717) is 19.9 Å². The van der Waals surface area contributed by atoms with Gasteiger partial charge in [-0.15, -0.1) is 0 Å². The molecule has 0 aliphatic carbocycles. The molecule has 11 heteroatoms. The number of ether oxygens (including phenoxy) is 1. The van der Waals surface area contributed by atoms with Crippen LogP contribution in [-0.4, -0.2) is 109 Å². The minimum absolute atomic E-state index is 0.0110. The van der Waals surface area contributed by atoms with Crippen molar-refractivity contribution in [3.63, 3.8) is 0 Å². The molecule has 33 heavy (non-hydrogen) atoms. The molecular formula is C22H38ClN7O3. The van der Waals surface area contributed by atoms with Crippen LogP contribution < -0.4 is 27.0 Å². The quantitative estimate of drug-likeness (QED) is 0.192. The molecule has 0 bridgehead atoms. The van der Waals surface area contributed by atoms with Gasteiger partial charge in [-0.1, -0.05) is 30.7 Å². The summed E-state index contributed by atoms with van der Waals surface area (Å²) >= 11 is 5.94. The number of nitrogens with two attached hydrogens (primary N) is 1. The zero-order chi connectivity index (χ0) is 23.4. The second-order valence-electron chi connectivity index (χ2n) is 9.02. The molecule has 0 amide bonds. The van der Waals surface area contributed by atoms with E-state index in [0.717, 1.165) is 37.6 Å². The largest absolute Gasteiger partial charge is 0.387 e. The Bertz CT molecular complexity index is 745. The third-order valence-corrected chi connectivity index (χ3v) is 7.15. The van der Waals surface area contributed by atoms with E-state index in [1.54, 1.807) is 0 Å². The number of aliphatic hydroxyl groups is 2. The Morgan fingerprint density at radius 2 is 1.97 bits per heavy atom. The Morgan fingerprint density at radius 3 is 2.73 bits per heavy atom. The molecule has 0 spiro atoms. The number of likely N-dealkylation sites (N-methyl/N-ethyl adjacent to an activating group) is 1. The monoisotopic (exact) mass is 483 g/mol. The Morgan fingerprint density at radius 1 is 1.18 bits per heavy atom. The first-order valence-electron chi connectivity index (χ1n) is 11.9. The van der Waals surface area contributed by atoms with Crippen molar-refractivity contribution >= 4 is 11.6 Å². The molecular weight excluding hydrogens is 446 g/mol. The van der Waals surface area contributed by atoms with Gasteiger partial charge in [-0.25, -0.2) is 4.90 Å². The predicted octanol–water partition coefficient (Wildman–Crippen LogP) is -1.77. The van der Waals surface area contributed by atoms with Gasteiger partial charge in [0.15, 0.2) is 0 Å². The molecule has 1 aromatic carbocycles. The highest BCUT2D eigenvalue weighted by molar-refractivity contribution is 6.30. The fourth-order valence-corrected chi connectivity index (χ4v) is 5.01. The summed E-state index contributed by atoms with van der Waals surface area (Å²) in [5.41, 5.74) is 7.40. The van der Waals surface area contributed by atoms with Crippen LogP contribution in [0.15, 0.2) is 24.3 Å². The third-order valence-electron chi connectivity index (χ3n) is 6.90. The molecule has 0 aromatic heterocycles. The van der Waals surface area contributed by atoms with Crippen molar-refractivity contribution in [2.24, 2.45) is 5.73 Å². The number of nitrogens with one attached hydrogen (secondary N) is 4. The van der Waals surface area contributed by atoms with Gasteiger partial charge in [-0.05, 0) is 37.2 Å². The molecule has 0 saturated carbocycles. The summed E-state index contributed by atoms with van der Waals surface area (Å²) in [6.07, 6.45) is -2.23. The number of halogens is 1. The van der Waals surface area contributed by atoms with E-state index in [2.05, 4.69) is 33.1 Å². The Hall–Kier alpha value is -0.890. The topological polar surface area (TPSA) is 130 Å². The lowest BCUT2D eigenvalue weighted by Gasteiger charge is -2.38. The third kappa shape index (κ3) is 6.03. The van der Waals surface area contributed by atoms with Gasteiger partial charge in [0.25, 0.3) is 0 Å². The van der Waals surface area contributed by atoms with Gasteiger partial charge >= 0.3 is 0 Å². The number of benzene rings is 1. The first-order chi connectivity index (χ1) is 16.0. The van der Waals surface area contributed by atoms with Gasteiger partial charge < -0.3 is 26.0 Å². The molecule has 10 nitrogen and oxygen atoms in total. The van der Waals surface area contributed by atoms with Gasteiger partial charge in [0.05, 0.1) is 25.0 Å². The van der Waals surface area contributed by atoms with Crippen LogP contribution in [-0.2, 0) is 11.2 Å². The molecule has 3 unspecified atom stereocenters. The zero-order valence-corrected chi connectivity index (χ0v) is 19.9. The molecule has 1 aromatic rings. The van der Waals surface area contributed by atoms with Crippen molar-refractivity contribution in [1.82, 2.24) is 31.1 Å².